The molecule has 114 valence electrons. The Labute approximate surface area is 126 Å². The number of halogens is 2. The van der Waals surface area contributed by atoms with Gasteiger partial charge in [0.1, 0.15) is 11.6 Å². The minimum Gasteiger partial charge on any atom is -0.341 e. The second-order valence-corrected chi connectivity index (χ2v) is 4.68. The number of carbonyl (C=O) groups excluding carboxylic acids is 2. The topological polar surface area (TPSA) is 58.2 Å². The molecule has 0 aliphatic rings. The molecule has 2 aromatic carbocycles. The Morgan fingerprint density at radius 3 is 2.32 bits per heavy atom. The van der Waals surface area contributed by atoms with Gasteiger partial charge in [0, 0.05) is 6.07 Å². The summed E-state index contributed by atoms with van der Waals surface area (Å²) in [7, 11) is 0. The van der Waals surface area contributed by atoms with Crippen LogP contribution in [0.25, 0.3) is 0 Å². The summed E-state index contributed by atoms with van der Waals surface area (Å²) in [4.78, 5) is 23.5. The Hall–Kier alpha value is -2.76. The van der Waals surface area contributed by atoms with Crippen LogP contribution in [-0.4, -0.2) is 11.8 Å². The predicted molar refractivity (Wildman–Crippen MR) is 78.0 cm³/mol. The van der Waals surface area contributed by atoms with Gasteiger partial charge in [-0.3, -0.25) is 9.59 Å². The van der Waals surface area contributed by atoms with Gasteiger partial charge in [-0.15, -0.1) is 0 Å². The van der Waals surface area contributed by atoms with E-state index in [1.54, 1.807) is 6.92 Å². The molecular formula is C16H14F2N2O2. The average molecular weight is 304 g/mol. The van der Waals surface area contributed by atoms with Crippen molar-refractivity contribution in [2.75, 3.05) is 5.32 Å². The molecular weight excluding hydrogens is 290 g/mol. The Morgan fingerprint density at radius 1 is 1.00 bits per heavy atom. The van der Waals surface area contributed by atoms with Crippen LogP contribution in [-0.2, 0) is 9.59 Å². The number of nitrogens with one attached hydrogen (secondary N) is 2. The van der Waals surface area contributed by atoms with Gasteiger partial charge in [0.05, 0.1) is 11.7 Å². The lowest BCUT2D eigenvalue weighted by Crippen LogP contribution is -2.37. The van der Waals surface area contributed by atoms with Gasteiger partial charge in [-0.25, -0.2) is 8.78 Å². The Balaban J connectivity index is 1.99. The highest BCUT2D eigenvalue weighted by Crippen LogP contribution is 2.15. The van der Waals surface area contributed by atoms with Gasteiger partial charge in [0.15, 0.2) is 0 Å². The van der Waals surface area contributed by atoms with Crippen LogP contribution < -0.4 is 10.6 Å². The van der Waals surface area contributed by atoms with Gasteiger partial charge in [-0.2, -0.15) is 0 Å². The first-order chi connectivity index (χ1) is 10.5. The number of rotatable bonds is 3. The molecule has 0 aliphatic heterocycles. The number of anilines is 1. The van der Waals surface area contributed by atoms with E-state index in [-0.39, 0.29) is 11.7 Å². The van der Waals surface area contributed by atoms with Crippen molar-refractivity contribution in [1.82, 2.24) is 5.32 Å². The SMILES string of the molecule is C[C@@H](NC(=O)C(=O)Nc1ccc(F)cc1F)c1ccccc1. The summed E-state index contributed by atoms with van der Waals surface area (Å²) in [5.41, 5.74) is 0.575. The molecule has 0 heterocycles. The van der Waals surface area contributed by atoms with E-state index in [0.29, 0.717) is 6.07 Å². The lowest BCUT2D eigenvalue weighted by atomic mass is 10.1. The molecule has 0 radical (unpaired) electrons. The van der Waals surface area contributed by atoms with Crippen molar-refractivity contribution < 1.29 is 18.4 Å². The molecule has 0 aromatic heterocycles. The fourth-order valence-corrected chi connectivity index (χ4v) is 1.86. The Bertz CT molecular complexity index is 690. The molecule has 22 heavy (non-hydrogen) atoms. The number of hydrogen-bond acceptors (Lipinski definition) is 2. The Morgan fingerprint density at radius 2 is 1.68 bits per heavy atom. The van der Waals surface area contributed by atoms with Crippen molar-refractivity contribution in [2.24, 2.45) is 0 Å². The smallest absolute Gasteiger partial charge is 0.313 e. The van der Waals surface area contributed by atoms with Crippen LogP contribution in [0.2, 0.25) is 0 Å². The first-order valence-electron chi connectivity index (χ1n) is 6.59. The third-order valence-corrected chi connectivity index (χ3v) is 3.03. The summed E-state index contributed by atoms with van der Waals surface area (Å²) in [5.74, 6) is -3.64. The maximum absolute atomic E-state index is 13.4. The maximum atomic E-state index is 13.4. The van der Waals surface area contributed by atoms with Gasteiger partial charge >= 0.3 is 11.8 Å². The van der Waals surface area contributed by atoms with Gasteiger partial charge < -0.3 is 10.6 Å². The molecule has 6 heteroatoms. The summed E-state index contributed by atoms with van der Waals surface area (Å²) in [6.07, 6.45) is 0. The maximum Gasteiger partial charge on any atom is 0.313 e. The molecule has 0 fully saturated rings. The normalized spacial score (nSPS) is 11.6. The molecule has 2 rings (SSSR count). The van der Waals surface area contributed by atoms with Gasteiger partial charge in [0.25, 0.3) is 0 Å². The zero-order chi connectivity index (χ0) is 16.1. The second kappa shape index (κ2) is 6.80. The molecule has 0 bridgehead atoms. The highest BCUT2D eigenvalue weighted by Gasteiger charge is 2.18. The van der Waals surface area contributed by atoms with Crippen LogP contribution >= 0.6 is 0 Å². The molecule has 0 spiro atoms. The van der Waals surface area contributed by atoms with Crippen molar-refractivity contribution in [3.05, 3.63) is 65.7 Å². The van der Waals surface area contributed by atoms with Gasteiger partial charge in [-0.1, -0.05) is 30.3 Å². The van der Waals surface area contributed by atoms with Crippen molar-refractivity contribution in [2.45, 2.75) is 13.0 Å². The fraction of sp³-hybridized carbons (Fsp3) is 0.125. The van der Waals surface area contributed by atoms with E-state index in [9.17, 15) is 18.4 Å². The quantitative estimate of drug-likeness (QED) is 0.857. The van der Waals surface area contributed by atoms with E-state index in [0.717, 1.165) is 17.7 Å². The van der Waals surface area contributed by atoms with Crippen LogP contribution in [0.5, 0.6) is 0 Å². The zero-order valence-electron chi connectivity index (χ0n) is 11.8. The molecule has 0 saturated heterocycles. The van der Waals surface area contributed by atoms with Crippen LogP contribution in [0, 0.1) is 11.6 Å². The standard InChI is InChI=1S/C16H14F2N2O2/c1-10(11-5-3-2-4-6-11)19-15(21)16(22)20-14-8-7-12(17)9-13(14)18/h2-10H,1H3,(H,19,21)(H,20,22)/t10-/m1/s1. The van der Waals surface area contributed by atoms with Crippen LogP contribution in [0.4, 0.5) is 14.5 Å². The number of hydrogen-bond donors (Lipinski definition) is 2. The van der Waals surface area contributed by atoms with E-state index in [2.05, 4.69) is 10.6 Å². The van der Waals surface area contributed by atoms with E-state index >= 15 is 0 Å². The number of benzene rings is 2. The summed E-state index contributed by atoms with van der Waals surface area (Å²) in [6.45, 7) is 1.72. The molecule has 0 unspecified atom stereocenters. The third-order valence-electron chi connectivity index (χ3n) is 3.03. The molecule has 2 amide bonds. The molecule has 2 N–H and O–H groups in total. The fourth-order valence-electron chi connectivity index (χ4n) is 1.86. The van der Waals surface area contributed by atoms with Crippen molar-refractivity contribution >= 4 is 17.5 Å². The predicted octanol–water partition coefficient (Wildman–Crippen LogP) is 2.78. The Kier molecular flexibility index (Phi) is 4.83. The van der Waals surface area contributed by atoms with E-state index in [4.69, 9.17) is 0 Å². The molecule has 2 aromatic rings. The van der Waals surface area contributed by atoms with Gasteiger partial charge in [-0.05, 0) is 24.6 Å². The minimum absolute atomic E-state index is 0.256. The molecule has 0 saturated carbocycles. The number of amides is 2. The van der Waals surface area contributed by atoms with Gasteiger partial charge in [0.2, 0.25) is 0 Å². The molecule has 0 aliphatic carbocycles. The number of carbonyl (C=O) groups is 2. The highest BCUT2D eigenvalue weighted by molar-refractivity contribution is 6.39. The van der Waals surface area contributed by atoms with Crippen LogP contribution in [0.3, 0.4) is 0 Å². The first kappa shape index (κ1) is 15.6. The first-order valence-corrected chi connectivity index (χ1v) is 6.59. The minimum atomic E-state index is -1.02. The highest BCUT2D eigenvalue weighted by atomic mass is 19.1. The lowest BCUT2D eigenvalue weighted by molar-refractivity contribution is -0.136. The van der Waals surface area contributed by atoms with Crippen LogP contribution in [0.15, 0.2) is 48.5 Å². The summed E-state index contributed by atoms with van der Waals surface area (Å²) in [6, 6.07) is 11.4. The van der Waals surface area contributed by atoms with Crippen molar-refractivity contribution in [1.29, 1.82) is 0 Å². The van der Waals surface area contributed by atoms with Crippen molar-refractivity contribution in [3.63, 3.8) is 0 Å². The van der Waals surface area contributed by atoms with E-state index in [1.807, 2.05) is 30.3 Å². The van der Waals surface area contributed by atoms with E-state index < -0.39 is 23.4 Å². The van der Waals surface area contributed by atoms with Crippen LogP contribution in [0.1, 0.15) is 18.5 Å². The third kappa shape index (κ3) is 3.88. The largest absolute Gasteiger partial charge is 0.341 e. The van der Waals surface area contributed by atoms with Crippen molar-refractivity contribution in [3.8, 4) is 0 Å². The average Bonchev–Trinajstić information content (AvgIpc) is 2.50. The molecule has 1 atom stereocenters. The zero-order valence-corrected chi connectivity index (χ0v) is 11.8. The lowest BCUT2D eigenvalue weighted by Gasteiger charge is -2.14. The summed E-state index contributed by atoms with van der Waals surface area (Å²) in [5, 5.41) is 4.60. The summed E-state index contributed by atoms with van der Waals surface area (Å²) < 4.78 is 26.2. The van der Waals surface area contributed by atoms with E-state index in [1.165, 1.54) is 0 Å². The summed E-state index contributed by atoms with van der Waals surface area (Å²) >= 11 is 0. The molecule has 4 nitrogen and oxygen atoms in total. The monoisotopic (exact) mass is 304 g/mol. The second-order valence-electron chi connectivity index (χ2n) is 4.68.